The number of para-hydroxylation sites is 1. The maximum absolute atomic E-state index is 13.7. The minimum Gasteiger partial charge on any atom is -0.496 e. The SMILES string of the molecule is COc1ccccc1-c1nn(Cc2ccccc2)cc1C(=O)N1CCN(C2CCS(=O)(=O)C2)CC1. The van der Waals surface area contributed by atoms with Crippen LogP contribution in [0.4, 0.5) is 0 Å². The van der Waals surface area contributed by atoms with Gasteiger partial charge in [0.2, 0.25) is 0 Å². The Morgan fingerprint density at radius 2 is 1.74 bits per heavy atom. The summed E-state index contributed by atoms with van der Waals surface area (Å²) in [6.45, 7) is 3.03. The quantitative estimate of drug-likeness (QED) is 0.524. The Balaban J connectivity index is 1.39. The van der Waals surface area contributed by atoms with Crippen LogP contribution in [0.25, 0.3) is 11.3 Å². The number of hydrogen-bond donors (Lipinski definition) is 0. The van der Waals surface area contributed by atoms with E-state index >= 15 is 0 Å². The van der Waals surface area contributed by atoms with E-state index in [2.05, 4.69) is 4.90 Å². The fourth-order valence-electron chi connectivity index (χ4n) is 4.99. The second kappa shape index (κ2) is 9.83. The molecule has 1 atom stereocenters. The Kier molecular flexibility index (Phi) is 6.62. The Morgan fingerprint density at radius 3 is 2.43 bits per heavy atom. The minimum absolute atomic E-state index is 0.0648. The molecular formula is C26H30N4O4S. The van der Waals surface area contributed by atoms with Crippen LogP contribution in [0.2, 0.25) is 0 Å². The summed E-state index contributed by atoms with van der Waals surface area (Å²) in [5, 5.41) is 4.81. The second-order valence-corrected chi connectivity index (χ2v) is 11.4. The highest BCUT2D eigenvalue weighted by Gasteiger charge is 2.35. The van der Waals surface area contributed by atoms with E-state index in [9.17, 15) is 13.2 Å². The van der Waals surface area contributed by atoms with E-state index in [1.807, 2.05) is 70.4 Å². The third kappa shape index (κ3) is 5.11. The van der Waals surface area contributed by atoms with Gasteiger partial charge in [0.25, 0.3) is 5.91 Å². The zero-order chi connectivity index (χ0) is 24.4. The van der Waals surface area contributed by atoms with E-state index in [0.717, 1.165) is 11.1 Å². The molecular weight excluding hydrogens is 464 g/mol. The standard InChI is InChI=1S/C26H30N4O4S/c1-34-24-10-6-5-9-22(24)25-23(18-30(27-25)17-20-7-3-2-4-8-20)26(31)29-14-12-28(13-15-29)21-11-16-35(32,33)19-21/h2-10,18,21H,11-17,19H2,1H3. The number of sulfone groups is 1. The maximum Gasteiger partial charge on any atom is 0.257 e. The first-order chi connectivity index (χ1) is 16.9. The van der Waals surface area contributed by atoms with Gasteiger partial charge in [0.05, 0.1) is 30.7 Å². The number of carbonyl (C=O) groups excluding carboxylic acids is 1. The molecule has 8 nitrogen and oxygen atoms in total. The van der Waals surface area contributed by atoms with Gasteiger partial charge in [0.15, 0.2) is 9.84 Å². The third-order valence-corrected chi connectivity index (χ3v) is 8.62. The van der Waals surface area contributed by atoms with Gasteiger partial charge in [-0.3, -0.25) is 14.4 Å². The number of aromatic nitrogens is 2. The molecule has 2 aliphatic rings. The van der Waals surface area contributed by atoms with Gasteiger partial charge in [0, 0.05) is 44.0 Å². The van der Waals surface area contributed by atoms with Gasteiger partial charge < -0.3 is 9.64 Å². The highest BCUT2D eigenvalue weighted by atomic mass is 32.2. The second-order valence-electron chi connectivity index (χ2n) is 9.16. The lowest BCUT2D eigenvalue weighted by molar-refractivity contribution is 0.0588. The number of ether oxygens (including phenoxy) is 1. The first-order valence-electron chi connectivity index (χ1n) is 11.9. The van der Waals surface area contributed by atoms with Gasteiger partial charge in [-0.25, -0.2) is 8.42 Å². The monoisotopic (exact) mass is 494 g/mol. The number of piperazine rings is 1. The molecule has 1 aromatic heterocycles. The summed E-state index contributed by atoms with van der Waals surface area (Å²) in [5.41, 5.74) is 3.02. The molecule has 2 fully saturated rings. The van der Waals surface area contributed by atoms with Gasteiger partial charge in [0.1, 0.15) is 11.4 Å². The number of rotatable bonds is 6. The highest BCUT2D eigenvalue weighted by molar-refractivity contribution is 7.91. The van der Waals surface area contributed by atoms with Crippen LogP contribution < -0.4 is 4.74 Å². The van der Waals surface area contributed by atoms with Crippen LogP contribution >= 0.6 is 0 Å². The molecule has 3 aromatic rings. The van der Waals surface area contributed by atoms with E-state index in [1.165, 1.54) is 0 Å². The van der Waals surface area contributed by atoms with E-state index < -0.39 is 9.84 Å². The van der Waals surface area contributed by atoms with Crippen LogP contribution in [-0.2, 0) is 16.4 Å². The van der Waals surface area contributed by atoms with Crippen molar-refractivity contribution < 1.29 is 17.9 Å². The molecule has 2 aliphatic heterocycles. The number of amides is 1. The molecule has 0 N–H and O–H groups in total. The lowest BCUT2D eigenvalue weighted by atomic mass is 10.1. The summed E-state index contributed by atoms with van der Waals surface area (Å²) in [6, 6.07) is 17.7. The maximum atomic E-state index is 13.7. The third-order valence-electron chi connectivity index (χ3n) is 6.87. The van der Waals surface area contributed by atoms with Crippen LogP contribution in [-0.4, -0.2) is 84.7 Å². The summed E-state index contributed by atoms with van der Waals surface area (Å²) in [6.07, 6.45) is 2.51. The normalized spacial score (nSPS) is 20.1. The molecule has 1 unspecified atom stereocenters. The van der Waals surface area contributed by atoms with Crippen molar-refractivity contribution in [3.8, 4) is 17.0 Å². The van der Waals surface area contributed by atoms with Crippen molar-refractivity contribution in [2.45, 2.75) is 19.0 Å². The van der Waals surface area contributed by atoms with Crippen molar-refractivity contribution in [2.75, 3.05) is 44.8 Å². The fourth-order valence-corrected chi connectivity index (χ4v) is 6.75. The smallest absolute Gasteiger partial charge is 0.257 e. The lowest BCUT2D eigenvalue weighted by Crippen LogP contribution is -2.52. The van der Waals surface area contributed by atoms with Crippen molar-refractivity contribution in [1.82, 2.24) is 19.6 Å². The van der Waals surface area contributed by atoms with Crippen LogP contribution in [0.1, 0.15) is 22.3 Å². The highest BCUT2D eigenvalue weighted by Crippen LogP contribution is 2.32. The van der Waals surface area contributed by atoms with Gasteiger partial charge in [-0.05, 0) is 24.1 Å². The Labute approximate surface area is 206 Å². The molecule has 9 heteroatoms. The van der Waals surface area contributed by atoms with Gasteiger partial charge in [-0.2, -0.15) is 5.10 Å². The topological polar surface area (TPSA) is 84.7 Å². The predicted molar refractivity (Wildman–Crippen MR) is 134 cm³/mol. The fraction of sp³-hybridized carbons (Fsp3) is 0.385. The average Bonchev–Trinajstić information content (AvgIpc) is 3.47. The van der Waals surface area contributed by atoms with Crippen molar-refractivity contribution in [3.05, 3.63) is 71.9 Å². The predicted octanol–water partition coefficient (Wildman–Crippen LogP) is 2.55. The summed E-state index contributed by atoms with van der Waals surface area (Å²) < 4.78 is 31.2. The van der Waals surface area contributed by atoms with Crippen molar-refractivity contribution in [3.63, 3.8) is 0 Å². The van der Waals surface area contributed by atoms with Crippen molar-refractivity contribution in [1.29, 1.82) is 0 Å². The molecule has 0 radical (unpaired) electrons. The van der Waals surface area contributed by atoms with E-state index in [0.29, 0.717) is 56.2 Å². The van der Waals surface area contributed by atoms with Gasteiger partial charge >= 0.3 is 0 Å². The van der Waals surface area contributed by atoms with Crippen LogP contribution in [0.15, 0.2) is 60.8 Å². The van der Waals surface area contributed by atoms with Gasteiger partial charge in [-0.15, -0.1) is 0 Å². The summed E-state index contributed by atoms with van der Waals surface area (Å²) in [7, 11) is -1.31. The Morgan fingerprint density at radius 1 is 1.03 bits per heavy atom. The summed E-state index contributed by atoms with van der Waals surface area (Å²) in [5.74, 6) is 1.09. The first kappa shape index (κ1) is 23.6. The Bertz CT molecular complexity index is 1300. The van der Waals surface area contributed by atoms with Crippen LogP contribution in [0.5, 0.6) is 5.75 Å². The molecule has 0 saturated carbocycles. The molecule has 0 aliphatic carbocycles. The molecule has 2 aromatic carbocycles. The average molecular weight is 495 g/mol. The Hall–Kier alpha value is -3.17. The number of hydrogen-bond acceptors (Lipinski definition) is 6. The summed E-state index contributed by atoms with van der Waals surface area (Å²) >= 11 is 0. The zero-order valence-corrected chi connectivity index (χ0v) is 20.7. The minimum atomic E-state index is -2.93. The van der Waals surface area contributed by atoms with Crippen molar-refractivity contribution in [2.24, 2.45) is 0 Å². The summed E-state index contributed by atoms with van der Waals surface area (Å²) in [4.78, 5) is 17.8. The number of nitrogens with zero attached hydrogens (tertiary/aromatic N) is 4. The number of benzene rings is 2. The van der Waals surface area contributed by atoms with Crippen LogP contribution in [0.3, 0.4) is 0 Å². The molecule has 0 spiro atoms. The molecule has 35 heavy (non-hydrogen) atoms. The largest absolute Gasteiger partial charge is 0.496 e. The first-order valence-corrected chi connectivity index (χ1v) is 13.7. The molecule has 184 valence electrons. The number of carbonyl (C=O) groups is 1. The number of methoxy groups -OCH3 is 1. The van der Waals surface area contributed by atoms with Gasteiger partial charge in [-0.1, -0.05) is 42.5 Å². The van der Waals surface area contributed by atoms with Crippen LogP contribution in [0, 0.1) is 0 Å². The van der Waals surface area contributed by atoms with E-state index in [1.54, 1.807) is 7.11 Å². The van der Waals surface area contributed by atoms with E-state index in [4.69, 9.17) is 9.84 Å². The van der Waals surface area contributed by atoms with Crippen molar-refractivity contribution >= 4 is 15.7 Å². The molecule has 5 rings (SSSR count). The molecule has 1 amide bonds. The molecule has 2 saturated heterocycles. The van der Waals surface area contributed by atoms with E-state index in [-0.39, 0.29) is 23.5 Å². The zero-order valence-electron chi connectivity index (χ0n) is 19.8. The molecule has 3 heterocycles. The molecule has 0 bridgehead atoms. The lowest BCUT2D eigenvalue weighted by Gasteiger charge is -2.37.